The van der Waals surface area contributed by atoms with Crippen LogP contribution in [0, 0.1) is 0 Å². The Labute approximate surface area is 110 Å². The number of rotatable bonds is 3. The molecule has 0 saturated carbocycles. The van der Waals surface area contributed by atoms with Crippen LogP contribution in [0.25, 0.3) is 6.08 Å². The molecule has 2 rings (SSSR count). The van der Waals surface area contributed by atoms with E-state index in [1.165, 1.54) is 18.5 Å². The summed E-state index contributed by atoms with van der Waals surface area (Å²) in [5.41, 5.74) is 1.30. The summed E-state index contributed by atoms with van der Waals surface area (Å²) in [7, 11) is 0. The van der Waals surface area contributed by atoms with Crippen molar-refractivity contribution in [2.75, 3.05) is 0 Å². The van der Waals surface area contributed by atoms with Gasteiger partial charge in [0.1, 0.15) is 0 Å². The van der Waals surface area contributed by atoms with Crippen LogP contribution in [0.15, 0.2) is 60.9 Å². The third-order valence-corrected chi connectivity index (χ3v) is 2.41. The summed E-state index contributed by atoms with van der Waals surface area (Å²) in [5, 5.41) is 2.27. The lowest BCUT2D eigenvalue weighted by Crippen LogP contribution is -2.28. The van der Waals surface area contributed by atoms with E-state index in [1.807, 2.05) is 30.3 Å². The van der Waals surface area contributed by atoms with Gasteiger partial charge in [0.05, 0.1) is 0 Å². The number of hydrogen-bond donors (Lipinski definition) is 1. The molecule has 0 aliphatic heterocycles. The molecule has 1 aromatic heterocycles. The lowest BCUT2D eigenvalue weighted by atomic mass is 10.2. The van der Waals surface area contributed by atoms with Gasteiger partial charge in [-0.25, -0.2) is 0 Å². The van der Waals surface area contributed by atoms with E-state index in [4.69, 9.17) is 0 Å². The predicted molar refractivity (Wildman–Crippen MR) is 72.2 cm³/mol. The van der Waals surface area contributed by atoms with Gasteiger partial charge >= 0.3 is 0 Å². The van der Waals surface area contributed by atoms with Crippen LogP contribution in [-0.2, 0) is 4.79 Å². The van der Waals surface area contributed by atoms with Crippen LogP contribution >= 0.6 is 0 Å². The first kappa shape index (κ1) is 12.7. The van der Waals surface area contributed by atoms with Crippen molar-refractivity contribution in [3.05, 3.63) is 72.1 Å². The summed E-state index contributed by atoms with van der Waals surface area (Å²) in [6.45, 7) is 0. The molecule has 19 heavy (non-hydrogen) atoms. The first-order valence-corrected chi connectivity index (χ1v) is 5.74. The molecule has 0 atom stereocenters. The molecular formula is C15H12N2O2. The Balaban J connectivity index is 1.95. The number of amides is 2. The standard InChI is InChI=1S/C15H12N2O2/c18-14(7-6-12-4-2-1-3-5-12)17-15(19)13-8-10-16-11-9-13/h1-11H,(H,17,18,19)/b7-6+. The highest BCUT2D eigenvalue weighted by Crippen LogP contribution is 2.01. The average molecular weight is 252 g/mol. The highest BCUT2D eigenvalue weighted by molar-refractivity contribution is 6.08. The van der Waals surface area contributed by atoms with E-state index in [-0.39, 0.29) is 0 Å². The first-order valence-electron chi connectivity index (χ1n) is 5.74. The van der Waals surface area contributed by atoms with Crippen LogP contribution < -0.4 is 5.32 Å². The van der Waals surface area contributed by atoms with Gasteiger partial charge in [0.15, 0.2) is 0 Å². The second kappa shape index (κ2) is 6.26. The molecule has 0 unspecified atom stereocenters. The molecule has 94 valence electrons. The molecule has 4 nitrogen and oxygen atoms in total. The maximum absolute atomic E-state index is 11.7. The summed E-state index contributed by atoms with van der Waals surface area (Å²) in [5.74, 6) is -0.893. The quantitative estimate of drug-likeness (QED) is 0.850. The van der Waals surface area contributed by atoms with E-state index in [1.54, 1.807) is 18.2 Å². The van der Waals surface area contributed by atoms with Crippen LogP contribution in [0.3, 0.4) is 0 Å². The number of benzene rings is 1. The third kappa shape index (κ3) is 3.89. The van der Waals surface area contributed by atoms with Gasteiger partial charge in [-0.1, -0.05) is 30.3 Å². The lowest BCUT2D eigenvalue weighted by Gasteiger charge is -2.00. The van der Waals surface area contributed by atoms with Crippen molar-refractivity contribution in [1.29, 1.82) is 0 Å². The molecule has 2 amide bonds. The topological polar surface area (TPSA) is 59.1 Å². The summed E-state index contributed by atoms with van der Waals surface area (Å²) in [6.07, 6.45) is 5.97. The maximum atomic E-state index is 11.7. The number of nitrogens with zero attached hydrogens (tertiary/aromatic N) is 1. The molecule has 0 aliphatic rings. The molecule has 1 N–H and O–H groups in total. The van der Waals surface area contributed by atoms with E-state index < -0.39 is 11.8 Å². The van der Waals surface area contributed by atoms with Crippen molar-refractivity contribution in [1.82, 2.24) is 10.3 Å². The summed E-state index contributed by atoms with van der Waals surface area (Å²) >= 11 is 0. The molecule has 0 fully saturated rings. The second-order valence-electron chi connectivity index (χ2n) is 3.80. The van der Waals surface area contributed by atoms with Crippen LogP contribution in [0.1, 0.15) is 15.9 Å². The van der Waals surface area contributed by atoms with Crippen molar-refractivity contribution in [3.8, 4) is 0 Å². The minimum absolute atomic E-state index is 0.400. The molecular weight excluding hydrogens is 240 g/mol. The molecule has 0 saturated heterocycles. The maximum Gasteiger partial charge on any atom is 0.258 e. The van der Waals surface area contributed by atoms with E-state index in [0.29, 0.717) is 5.56 Å². The van der Waals surface area contributed by atoms with Gasteiger partial charge in [0.2, 0.25) is 0 Å². The van der Waals surface area contributed by atoms with Crippen LogP contribution in [0.5, 0.6) is 0 Å². The van der Waals surface area contributed by atoms with Gasteiger partial charge in [0.25, 0.3) is 11.8 Å². The average Bonchev–Trinajstić information content (AvgIpc) is 2.47. The number of carbonyl (C=O) groups is 2. The Bertz CT molecular complexity index is 592. The van der Waals surface area contributed by atoms with Crippen LogP contribution in [0.4, 0.5) is 0 Å². The number of imide groups is 1. The van der Waals surface area contributed by atoms with Crippen molar-refractivity contribution in [3.63, 3.8) is 0 Å². The molecule has 1 heterocycles. The first-order chi connectivity index (χ1) is 9.25. The fourth-order valence-corrected chi connectivity index (χ4v) is 1.47. The zero-order valence-electron chi connectivity index (χ0n) is 10.1. The molecule has 4 heteroatoms. The Hall–Kier alpha value is -2.75. The number of nitrogens with one attached hydrogen (secondary N) is 1. The van der Waals surface area contributed by atoms with Gasteiger partial charge in [-0.3, -0.25) is 19.9 Å². The van der Waals surface area contributed by atoms with E-state index in [2.05, 4.69) is 10.3 Å². The Morgan fingerprint density at radius 2 is 1.68 bits per heavy atom. The fraction of sp³-hybridized carbons (Fsp3) is 0. The smallest absolute Gasteiger partial charge is 0.258 e. The second-order valence-corrected chi connectivity index (χ2v) is 3.80. The monoisotopic (exact) mass is 252 g/mol. The Kier molecular flexibility index (Phi) is 4.18. The lowest BCUT2D eigenvalue weighted by molar-refractivity contribution is -0.115. The zero-order chi connectivity index (χ0) is 13.5. The van der Waals surface area contributed by atoms with Crippen molar-refractivity contribution in [2.24, 2.45) is 0 Å². The fourth-order valence-electron chi connectivity index (χ4n) is 1.47. The number of aromatic nitrogens is 1. The molecule has 0 aliphatic carbocycles. The molecule has 0 radical (unpaired) electrons. The summed E-state index contributed by atoms with van der Waals surface area (Å²) in [6, 6.07) is 12.5. The summed E-state index contributed by atoms with van der Waals surface area (Å²) < 4.78 is 0. The molecule has 2 aromatic rings. The zero-order valence-corrected chi connectivity index (χ0v) is 10.1. The van der Waals surface area contributed by atoms with E-state index in [0.717, 1.165) is 5.56 Å². The van der Waals surface area contributed by atoms with Crippen molar-refractivity contribution < 1.29 is 9.59 Å². The molecule has 0 bridgehead atoms. The van der Waals surface area contributed by atoms with Gasteiger partial charge in [-0.2, -0.15) is 0 Å². The van der Waals surface area contributed by atoms with Gasteiger partial charge in [-0.15, -0.1) is 0 Å². The van der Waals surface area contributed by atoms with Crippen LogP contribution in [-0.4, -0.2) is 16.8 Å². The van der Waals surface area contributed by atoms with Gasteiger partial charge < -0.3 is 0 Å². The highest BCUT2D eigenvalue weighted by Gasteiger charge is 2.06. The summed E-state index contributed by atoms with van der Waals surface area (Å²) in [4.78, 5) is 27.0. The van der Waals surface area contributed by atoms with Crippen molar-refractivity contribution >= 4 is 17.9 Å². The Morgan fingerprint density at radius 3 is 2.37 bits per heavy atom. The molecule has 1 aromatic carbocycles. The van der Waals surface area contributed by atoms with Crippen LogP contribution in [0.2, 0.25) is 0 Å². The largest absolute Gasteiger partial charge is 0.289 e. The Morgan fingerprint density at radius 1 is 1.00 bits per heavy atom. The van der Waals surface area contributed by atoms with E-state index in [9.17, 15) is 9.59 Å². The minimum atomic E-state index is -0.453. The van der Waals surface area contributed by atoms with Gasteiger partial charge in [-0.05, 0) is 23.8 Å². The molecule has 0 spiro atoms. The number of pyridine rings is 1. The predicted octanol–water partition coefficient (Wildman–Crippen LogP) is 2.05. The minimum Gasteiger partial charge on any atom is -0.289 e. The highest BCUT2D eigenvalue weighted by atomic mass is 16.2. The number of carbonyl (C=O) groups excluding carboxylic acids is 2. The number of hydrogen-bond acceptors (Lipinski definition) is 3. The SMILES string of the molecule is O=C(/C=C/c1ccccc1)NC(=O)c1ccncc1. The van der Waals surface area contributed by atoms with E-state index >= 15 is 0 Å². The third-order valence-electron chi connectivity index (χ3n) is 2.41. The normalized spacial score (nSPS) is 10.3. The van der Waals surface area contributed by atoms with Crippen molar-refractivity contribution in [2.45, 2.75) is 0 Å². The van der Waals surface area contributed by atoms with Gasteiger partial charge in [0, 0.05) is 24.0 Å².